The van der Waals surface area contributed by atoms with Gasteiger partial charge in [-0.1, -0.05) is 18.2 Å². The molecule has 0 aliphatic heterocycles. The van der Waals surface area contributed by atoms with Crippen molar-refractivity contribution in [1.82, 2.24) is 0 Å². The first-order chi connectivity index (χ1) is 10.0. The molecule has 0 bridgehead atoms. The third-order valence-corrected chi connectivity index (χ3v) is 2.43. The second-order valence-corrected chi connectivity index (χ2v) is 4.08. The molecule has 0 aliphatic rings. The van der Waals surface area contributed by atoms with Gasteiger partial charge in [0, 0.05) is 25.7 Å². The van der Waals surface area contributed by atoms with Gasteiger partial charge >= 0.3 is 5.97 Å². The Kier molecular flexibility index (Phi) is 9.92. The summed E-state index contributed by atoms with van der Waals surface area (Å²) in [5.74, 6) is -1.07. The normalized spacial score (nSPS) is 8.81. The number of methoxy groups -OCH3 is 1. The number of esters is 1. The van der Waals surface area contributed by atoms with Gasteiger partial charge in [-0.3, -0.25) is 9.59 Å². The highest BCUT2D eigenvalue weighted by molar-refractivity contribution is 5.70. The molecule has 6 heteroatoms. The van der Waals surface area contributed by atoms with E-state index in [1.807, 2.05) is 35.2 Å². The number of carboxylic acids is 1. The van der Waals surface area contributed by atoms with Gasteiger partial charge in [-0.2, -0.15) is 5.26 Å². The molecule has 0 unspecified atom stereocenters. The zero-order chi connectivity index (χ0) is 16.1. The molecule has 0 aliphatic carbocycles. The zero-order valence-electron chi connectivity index (χ0n) is 12.3. The van der Waals surface area contributed by atoms with Crippen LogP contribution >= 0.6 is 0 Å². The van der Waals surface area contributed by atoms with E-state index in [-0.39, 0.29) is 5.97 Å². The maximum absolute atomic E-state index is 11.1. The van der Waals surface area contributed by atoms with E-state index in [9.17, 15) is 4.79 Å². The van der Waals surface area contributed by atoms with Gasteiger partial charge in [-0.15, -0.1) is 0 Å². The molecule has 0 radical (unpaired) electrons. The Bertz CT molecular complexity index is 464. The maximum Gasteiger partial charge on any atom is 0.307 e. The monoisotopic (exact) mass is 292 g/mol. The van der Waals surface area contributed by atoms with E-state index in [0.717, 1.165) is 12.6 Å². The third-order valence-electron chi connectivity index (χ3n) is 2.43. The molecule has 1 aromatic rings. The number of rotatable bonds is 6. The number of ether oxygens (including phenoxy) is 1. The number of hydrogen-bond acceptors (Lipinski definition) is 5. The first-order valence-electron chi connectivity index (χ1n) is 6.44. The highest BCUT2D eigenvalue weighted by atomic mass is 16.5. The lowest BCUT2D eigenvalue weighted by atomic mass is 10.2. The molecule has 1 aromatic carbocycles. The lowest BCUT2D eigenvalue weighted by Gasteiger charge is -2.23. The summed E-state index contributed by atoms with van der Waals surface area (Å²) in [5.41, 5.74) is 1.02. The molecule has 1 N–H and O–H groups in total. The molecule has 0 atom stereocenters. The second kappa shape index (κ2) is 11.3. The molecule has 21 heavy (non-hydrogen) atoms. The number of carboxylic acid groups (broad SMARTS) is 1. The Morgan fingerprint density at radius 1 is 1.29 bits per heavy atom. The van der Waals surface area contributed by atoms with E-state index in [1.54, 1.807) is 0 Å². The SMILES string of the molecule is CC(=O)O.COC(=O)CCN(CCC#N)c1ccccc1. The quantitative estimate of drug-likeness (QED) is 0.807. The number of benzene rings is 1. The van der Waals surface area contributed by atoms with Crippen molar-refractivity contribution in [3.63, 3.8) is 0 Å². The predicted octanol–water partition coefficient (Wildman–Crippen LogP) is 2.06. The zero-order valence-corrected chi connectivity index (χ0v) is 12.3. The fraction of sp³-hybridized carbons (Fsp3) is 0.400. The van der Waals surface area contributed by atoms with E-state index in [4.69, 9.17) is 15.2 Å². The summed E-state index contributed by atoms with van der Waals surface area (Å²) >= 11 is 0. The van der Waals surface area contributed by atoms with Crippen molar-refractivity contribution in [3.05, 3.63) is 30.3 Å². The fourth-order valence-corrected chi connectivity index (χ4v) is 1.52. The number of aliphatic carboxylic acids is 1. The van der Waals surface area contributed by atoms with Crippen molar-refractivity contribution < 1.29 is 19.4 Å². The van der Waals surface area contributed by atoms with Crippen molar-refractivity contribution in [2.45, 2.75) is 19.8 Å². The number of nitrogens with zero attached hydrogens (tertiary/aromatic N) is 2. The van der Waals surface area contributed by atoms with Gasteiger partial charge in [0.05, 0.1) is 26.0 Å². The van der Waals surface area contributed by atoms with Crippen molar-refractivity contribution in [2.75, 3.05) is 25.1 Å². The predicted molar refractivity (Wildman–Crippen MR) is 78.8 cm³/mol. The van der Waals surface area contributed by atoms with Crippen LogP contribution < -0.4 is 4.90 Å². The van der Waals surface area contributed by atoms with E-state index >= 15 is 0 Å². The molecule has 0 spiro atoms. The van der Waals surface area contributed by atoms with E-state index in [0.29, 0.717) is 25.9 Å². The molecule has 0 heterocycles. The molecule has 1 rings (SSSR count). The molecular weight excluding hydrogens is 272 g/mol. The summed E-state index contributed by atoms with van der Waals surface area (Å²) in [7, 11) is 1.38. The molecule has 6 nitrogen and oxygen atoms in total. The summed E-state index contributed by atoms with van der Waals surface area (Å²) in [5, 5.41) is 16.0. The minimum absolute atomic E-state index is 0.233. The van der Waals surface area contributed by atoms with Gasteiger partial charge in [0.2, 0.25) is 0 Å². The largest absolute Gasteiger partial charge is 0.481 e. The third kappa shape index (κ3) is 9.96. The summed E-state index contributed by atoms with van der Waals surface area (Å²) in [6.07, 6.45) is 0.771. The van der Waals surface area contributed by atoms with Crippen LogP contribution in [-0.4, -0.2) is 37.2 Å². The van der Waals surface area contributed by atoms with Crippen LogP contribution in [0.4, 0.5) is 5.69 Å². The summed E-state index contributed by atoms with van der Waals surface area (Å²) in [6.45, 7) is 2.27. The average Bonchev–Trinajstić information content (AvgIpc) is 2.47. The lowest BCUT2D eigenvalue weighted by molar-refractivity contribution is -0.140. The maximum atomic E-state index is 11.1. The van der Waals surface area contributed by atoms with Crippen LogP contribution in [0, 0.1) is 11.3 Å². The van der Waals surface area contributed by atoms with Crippen LogP contribution in [0.3, 0.4) is 0 Å². The van der Waals surface area contributed by atoms with Crippen LogP contribution in [0.5, 0.6) is 0 Å². The molecule has 0 amide bonds. The van der Waals surface area contributed by atoms with Crippen LogP contribution in [0.2, 0.25) is 0 Å². The van der Waals surface area contributed by atoms with Crippen LogP contribution in [-0.2, 0) is 14.3 Å². The molecule has 0 aromatic heterocycles. The van der Waals surface area contributed by atoms with E-state index in [1.165, 1.54) is 7.11 Å². The highest BCUT2D eigenvalue weighted by Gasteiger charge is 2.08. The van der Waals surface area contributed by atoms with Crippen molar-refractivity contribution in [2.24, 2.45) is 0 Å². The molecule has 0 fully saturated rings. The topological polar surface area (TPSA) is 90.6 Å². The van der Waals surface area contributed by atoms with E-state index < -0.39 is 5.97 Å². The Hall–Kier alpha value is -2.55. The Morgan fingerprint density at radius 3 is 2.33 bits per heavy atom. The summed E-state index contributed by atoms with van der Waals surface area (Å²) < 4.78 is 4.61. The Balaban J connectivity index is 0.000000885. The smallest absolute Gasteiger partial charge is 0.307 e. The van der Waals surface area contributed by atoms with Gasteiger partial charge in [0.1, 0.15) is 0 Å². The number of para-hydroxylation sites is 1. The fourth-order valence-electron chi connectivity index (χ4n) is 1.52. The standard InChI is InChI=1S/C13H16N2O2.C2H4O2/c1-17-13(16)8-11-15(10-5-9-14)12-6-3-2-4-7-12;1-2(3)4/h2-4,6-7H,5,8,10-11H2,1H3;1H3,(H,3,4). The molecule has 114 valence electrons. The number of carbonyl (C=O) groups is 2. The Labute approximate surface area is 124 Å². The minimum atomic E-state index is -0.833. The van der Waals surface area contributed by atoms with Gasteiger partial charge in [0.15, 0.2) is 0 Å². The minimum Gasteiger partial charge on any atom is -0.481 e. The van der Waals surface area contributed by atoms with Gasteiger partial charge in [-0.05, 0) is 12.1 Å². The van der Waals surface area contributed by atoms with E-state index in [2.05, 4.69) is 10.8 Å². The number of hydrogen-bond donors (Lipinski definition) is 1. The van der Waals surface area contributed by atoms with Crippen LogP contribution in [0.15, 0.2) is 30.3 Å². The number of nitriles is 1. The Morgan fingerprint density at radius 2 is 1.86 bits per heavy atom. The first kappa shape index (κ1) is 18.4. The summed E-state index contributed by atoms with van der Waals surface area (Å²) in [6, 6.07) is 11.9. The molecule has 0 saturated heterocycles. The molecule has 0 saturated carbocycles. The van der Waals surface area contributed by atoms with Crippen molar-refractivity contribution in [1.29, 1.82) is 5.26 Å². The first-order valence-corrected chi connectivity index (χ1v) is 6.44. The van der Waals surface area contributed by atoms with Gasteiger partial charge < -0.3 is 14.7 Å². The average molecular weight is 292 g/mol. The summed E-state index contributed by atoms with van der Waals surface area (Å²) in [4.78, 5) is 22.1. The van der Waals surface area contributed by atoms with Crippen LogP contribution in [0.25, 0.3) is 0 Å². The van der Waals surface area contributed by atoms with Gasteiger partial charge in [0.25, 0.3) is 5.97 Å². The molecular formula is C15H20N2O4. The number of anilines is 1. The van der Waals surface area contributed by atoms with Crippen molar-refractivity contribution in [3.8, 4) is 6.07 Å². The van der Waals surface area contributed by atoms with Crippen LogP contribution in [0.1, 0.15) is 19.8 Å². The lowest BCUT2D eigenvalue weighted by Crippen LogP contribution is -2.27. The highest BCUT2D eigenvalue weighted by Crippen LogP contribution is 2.13. The van der Waals surface area contributed by atoms with Gasteiger partial charge in [-0.25, -0.2) is 0 Å². The van der Waals surface area contributed by atoms with Crippen molar-refractivity contribution >= 4 is 17.6 Å². The second-order valence-electron chi connectivity index (χ2n) is 4.08. The number of carbonyl (C=O) groups excluding carboxylic acids is 1.